The van der Waals surface area contributed by atoms with Gasteiger partial charge in [0.05, 0.1) is 11.3 Å². The van der Waals surface area contributed by atoms with E-state index in [0.29, 0.717) is 0 Å². The van der Waals surface area contributed by atoms with E-state index < -0.39 is 0 Å². The van der Waals surface area contributed by atoms with Crippen LogP contribution in [0.1, 0.15) is 32.3 Å². The number of nitrogens with one attached hydrogen (secondary N) is 1. The molecule has 2 nitrogen and oxygen atoms in total. The van der Waals surface area contributed by atoms with E-state index in [1.54, 1.807) is 11.8 Å². The van der Waals surface area contributed by atoms with Crippen LogP contribution in [0.3, 0.4) is 0 Å². The number of thioether (sulfide) groups is 2. The molecule has 4 heteroatoms. The lowest BCUT2D eigenvalue weighted by Crippen LogP contribution is -2.32. The average Bonchev–Trinajstić information content (AvgIpc) is 2.48. The molecule has 0 fully saturated rings. The van der Waals surface area contributed by atoms with Gasteiger partial charge in [-0.25, -0.2) is 0 Å². The van der Waals surface area contributed by atoms with E-state index in [1.807, 2.05) is 36.2 Å². The molecule has 104 valence electrons. The fourth-order valence-corrected chi connectivity index (χ4v) is 3.45. The summed E-state index contributed by atoms with van der Waals surface area (Å²) in [6.07, 6.45) is 6.42. The number of anilines is 1. The van der Waals surface area contributed by atoms with Crippen molar-refractivity contribution in [3.05, 3.63) is 23.8 Å². The van der Waals surface area contributed by atoms with Crippen molar-refractivity contribution in [3.63, 3.8) is 0 Å². The Balaban J connectivity index is 2.92. The summed E-state index contributed by atoms with van der Waals surface area (Å²) in [4.78, 5) is 1.04. The van der Waals surface area contributed by atoms with Crippen LogP contribution in [0.2, 0.25) is 0 Å². The van der Waals surface area contributed by atoms with Crippen molar-refractivity contribution in [2.75, 3.05) is 24.4 Å². The number of benzene rings is 1. The third-order valence-electron chi connectivity index (χ3n) is 3.68. The lowest BCUT2D eigenvalue weighted by molar-refractivity contribution is 0.574. The van der Waals surface area contributed by atoms with Gasteiger partial charge in [0, 0.05) is 16.2 Å². The molecule has 0 aromatic heterocycles. The Morgan fingerprint density at radius 2 is 1.95 bits per heavy atom. The molecule has 0 spiro atoms. The molecule has 0 aliphatic heterocycles. The highest BCUT2D eigenvalue weighted by Crippen LogP contribution is 2.32. The van der Waals surface area contributed by atoms with E-state index in [-0.39, 0.29) is 4.75 Å². The summed E-state index contributed by atoms with van der Waals surface area (Å²) in [5.74, 6) is 0. The third kappa shape index (κ3) is 3.84. The van der Waals surface area contributed by atoms with Crippen molar-refractivity contribution >= 4 is 29.2 Å². The van der Waals surface area contributed by atoms with Crippen molar-refractivity contribution in [2.24, 2.45) is 0 Å². The van der Waals surface area contributed by atoms with Gasteiger partial charge in [0.2, 0.25) is 0 Å². The predicted molar refractivity (Wildman–Crippen MR) is 88.3 cm³/mol. The Hall–Kier alpha value is -0.790. The second kappa shape index (κ2) is 7.72. The van der Waals surface area contributed by atoms with E-state index >= 15 is 0 Å². The van der Waals surface area contributed by atoms with Gasteiger partial charge in [0.1, 0.15) is 6.07 Å². The van der Waals surface area contributed by atoms with Crippen LogP contribution in [0.15, 0.2) is 23.1 Å². The number of rotatable bonds is 7. The zero-order valence-electron chi connectivity index (χ0n) is 12.1. The Labute approximate surface area is 125 Å². The van der Waals surface area contributed by atoms with Crippen molar-refractivity contribution in [3.8, 4) is 6.07 Å². The SMILES string of the molecule is CCC(CC)(CNc1cccc(SC)c1C#N)SC. The van der Waals surface area contributed by atoms with Crippen molar-refractivity contribution < 1.29 is 0 Å². The molecule has 0 heterocycles. The normalized spacial score (nSPS) is 11.1. The molecule has 0 radical (unpaired) electrons. The van der Waals surface area contributed by atoms with Crippen LogP contribution in [0, 0.1) is 11.3 Å². The van der Waals surface area contributed by atoms with Crippen LogP contribution in [0.5, 0.6) is 0 Å². The van der Waals surface area contributed by atoms with E-state index in [0.717, 1.165) is 35.5 Å². The van der Waals surface area contributed by atoms with Crippen molar-refractivity contribution in [1.29, 1.82) is 5.26 Å². The van der Waals surface area contributed by atoms with Crippen molar-refractivity contribution in [1.82, 2.24) is 0 Å². The molecular formula is C15H22N2S2. The van der Waals surface area contributed by atoms with Crippen LogP contribution in [0.25, 0.3) is 0 Å². The highest BCUT2D eigenvalue weighted by molar-refractivity contribution is 8.00. The molecule has 0 unspecified atom stereocenters. The maximum absolute atomic E-state index is 9.32. The van der Waals surface area contributed by atoms with Gasteiger partial charge in [-0.3, -0.25) is 0 Å². The first kappa shape index (κ1) is 16.3. The van der Waals surface area contributed by atoms with Gasteiger partial charge in [0.15, 0.2) is 0 Å². The van der Waals surface area contributed by atoms with Gasteiger partial charge in [-0.2, -0.15) is 17.0 Å². The topological polar surface area (TPSA) is 35.8 Å². The van der Waals surface area contributed by atoms with Crippen LogP contribution >= 0.6 is 23.5 Å². The maximum atomic E-state index is 9.32. The summed E-state index contributed by atoms with van der Waals surface area (Å²) < 4.78 is 0.252. The number of nitriles is 1. The molecule has 0 aliphatic rings. The molecule has 0 saturated carbocycles. The maximum Gasteiger partial charge on any atom is 0.102 e. The Morgan fingerprint density at radius 3 is 2.42 bits per heavy atom. The smallest absolute Gasteiger partial charge is 0.102 e. The fourth-order valence-electron chi connectivity index (χ4n) is 2.08. The predicted octanol–water partition coefficient (Wildman–Crippen LogP) is 4.61. The summed E-state index contributed by atoms with van der Waals surface area (Å²) in [5.41, 5.74) is 1.71. The van der Waals surface area contributed by atoms with Crippen LogP contribution in [0.4, 0.5) is 5.69 Å². The molecular weight excluding hydrogens is 272 g/mol. The zero-order valence-corrected chi connectivity index (χ0v) is 13.8. The van der Waals surface area contributed by atoms with Crippen molar-refractivity contribution in [2.45, 2.75) is 36.3 Å². The Kier molecular flexibility index (Phi) is 6.60. The molecule has 0 atom stereocenters. The standard InChI is InChI=1S/C15H22N2S2/c1-5-15(6-2,19-4)11-17-13-8-7-9-14(18-3)12(13)10-16/h7-9,17H,5-6,11H2,1-4H3. The lowest BCUT2D eigenvalue weighted by Gasteiger charge is -2.30. The molecule has 19 heavy (non-hydrogen) atoms. The van der Waals surface area contributed by atoms with Gasteiger partial charge in [0.25, 0.3) is 0 Å². The van der Waals surface area contributed by atoms with E-state index in [2.05, 4.69) is 31.5 Å². The highest BCUT2D eigenvalue weighted by Gasteiger charge is 2.24. The minimum absolute atomic E-state index is 0.252. The second-order valence-electron chi connectivity index (χ2n) is 4.44. The lowest BCUT2D eigenvalue weighted by atomic mass is 10.0. The average molecular weight is 294 g/mol. The molecule has 1 N–H and O–H groups in total. The van der Waals surface area contributed by atoms with Crippen LogP contribution in [-0.4, -0.2) is 23.8 Å². The van der Waals surface area contributed by atoms with Gasteiger partial charge in [-0.1, -0.05) is 19.9 Å². The first-order chi connectivity index (χ1) is 9.16. The van der Waals surface area contributed by atoms with E-state index in [1.165, 1.54) is 0 Å². The Bertz CT molecular complexity index is 440. The summed E-state index contributed by atoms with van der Waals surface area (Å²) in [5, 5.41) is 12.8. The second-order valence-corrected chi connectivity index (χ2v) is 6.56. The highest BCUT2D eigenvalue weighted by atomic mass is 32.2. The minimum atomic E-state index is 0.252. The van der Waals surface area contributed by atoms with Crippen LogP contribution in [-0.2, 0) is 0 Å². The number of hydrogen-bond acceptors (Lipinski definition) is 4. The first-order valence-corrected chi connectivity index (χ1v) is 8.97. The molecule has 0 amide bonds. The summed E-state index contributed by atoms with van der Waals surface area (Å²) in [7, 11) is 0. The summed E-state index contributed by atoms with van der Waals surface area (Å²) in [6, 6.07) is 8.31. The number of hydrogen-bond donors (Lipinski definition) is 1. The van der Waals surface area contributed by atoms with E-state index in [4.69, 9.17) is 0 Å². The van der Waals surface area contributed by atoms with Crippen LogP contribution < -0.4 is 5.32 Å². The summed E-state index contributed by atoms with van der Waals surface area (Å²) >= 11 is 3.53. The number of nitrogens with zero attached hydrogens (tertiary/aromatic N) is 1. The zero-order chi connectivity index (χ0) is 14.3. The van der Waals surface area contributed by atoms with Gasteiger partial charge < -0.3 is 5.32 Å². The largest absolute Gasteiger partial charge is 0.383 e. The molecule has 0 saturated heterocycles. The minimum Gasteiger partial charge on any atom is -0.383 e. The Morgan fingerprint density at radius 1 is 1.26 bits per heavy atom. The van der Waals surface area contributed by atoms with Gasteiger partial charge in [-0.15, -0.1) is 11.8 Å². The molecule has 0 aliphatic carbocycles. The van der Waals surface area contributed by atoms with E-state index in [9.17, 15) is 5.26 Å². The monoisotopic (exact) mass is 294 g/mol. The third-order valence-corrected chi connectivity index (χ3v) is 6.05. The molecule has 1 rings (SSSR count). The van der Waals surface area contributed by atoms with Gasteiger partial charge in [-0.05, 0) is 37.5 Å². The summed E-state index contributed by atoms with van der Waals surface area (Å²) in [6.45, 7) is 5.35. The quantitative estimate of drug-likeness (QED) is 0.745. The molecule has 1 aromatic carbocycles. The fraction of sp³-hybridized carbons (Fsp3) is 0.533. The molecule has 1 aromatic rings. The van der Waals surface area contributed by atoms with Gasteiger partial charge >= 0.3 is 0 Å². The molecule has 0 bridgehead atoms. The first-order valence-electron chi connectivity index (χ1n) is 6.52.